The van der Waals surface area contributed by atoms with Gasteiger partial charge in [0.1, 0.15) is 0 Å². The molecule has 4 rings (SSSR count). The molecule has 4 atom stereocenters. The molecule has 0 saturated carbocycles. The maximum absolute atomic E-state index is 13.1. The first-order valence-corrected chi connectivity index (χ1v) is 11.0. The lowest BCUT2D eigenvalue weighted by molar-refractivity contribution is -0.151. The molecule has 3 amide bonds. The maximum Gasteiger partial charge on any atom is 0.321 e. The van der Waals surface area contributed by atoms with Crippen molar-refractivity contribution in [2.45, 2.75) is 64.5 Å². The number of benzene rings is 1. The number of nitrogens with one attached hydrogen (secondary N) is 1. The minimum atomic E-state index is -0.0725. The first kappa shape index (κ1) is 19.6. The van der Waals surface area contributed by atoms with E-state index in [1.54, 1.807) is 6.07 Å². The van der Waals surface area contributed by atoms with Crippen LogP contribution in [0.25, 0.3) is 0 Å². The van der Waals surface area contributed by atoms with E-state index in [0.717, 1.165) is 44.2 Å². The number of fused-ring (bicyclic) bond motifs is 4. The molecular formula is C22H30ClN3O2. The summed E-state index contributed by atoms with van der Waals surface area (Å²) in [5, 5.41) is 3.61. The average molecular weight is 404 g/mol. The quantitative estimate of drug-likeness (QED) is 0.796. The minimum Gasteiger partial charge on any atom is -0.336 e. The van der Waals surface area contributed by atoms with Gasteiger partial charge in [-0.15, -0.1) is 0 Å². The van der Waals surface area contributed by atoms with Crippen LogP contribution in [0, 0.1) is 18.8 Å². The Balaban J connectivity index is 1.54. The van der Waals surface area contributed by atoms with E-state index >= 15 is 0 Å². The third kappa shape index (κ3) is 3.49. The summed E-state index contributed by atoms with van der Waals surface area (Å²) in [5.41, 5.74) is 1.66. The Morgan fingerprint density at radius 2 is 2.07 bits per heavy atom. The number of anilines is 1. The van der Waals surface area contributed by atoms with E-state index < -0.39 is 0 Å². The molecule has 5 nitrogen and oxygen atoms in total. The van der Waals surface area contributed by atoms with E-state index in [0.29, 0.717) is 47.5 Å². The number of amides is 3. The van der Waals surface area contributed by atoms with Crippen molar-refractivity contribution < 1.29 is 9.59 Å². The van der Waals surface area contributed by atoms with E-state index in [1.807, 2.05) is 24.0 Å². The van der Waals surface area contributed by atoms with Crippen molar-refractivity contribution in [3.63, 3.8) is 0 Å². The Hall–Kier alpha value is -1.75. The number of para-hydroxylation sites is 1. The normalized spacial score (nSPS) is 29.5. The molecule has 3 aliphatic rings. The zero-order valence-electron chi connectivity index (χ0n) is 16.8. The van der Waals surface area contributed by atoms with E-state index in [4.69, 9.17) is 11.6 Å². The predicted molar refractivity (Wildman–Crippen MR) is 112 cm³/mol. The van der Waals surface area contributed by atoms with Crippen LogP contribution in [0.2, 0.25) is 5.02 Å². The van der Waals surface area contributed by atoms with Crippen LogP contribution in [-0.2, 0) is 4.79 Å². The Kier molecular flexibility index (Phi) is 5.55. The molecule has 6 heteroatoms. The highest BCUT2D eigenvalue weighted by Gasteiger charge is 2.49. The minimum absolute atomic E-state index is 0.0725. The maximum atomic E-state index is 13.1. The fraction of sp³-hybridized carbons (Fsp3) is 0.636. The topological polar surface area (TPSA) is 52.7 Å². The van der Waals surface area contributed by atoms with Crippen LogP contribution in [0.5, 0.6) is 0 Å². The number of halogens is 1. The molecule has 1 aromatic rings. The van der Waals surface area contributed by atoms with Gasteiger partial charge in [-0.2, -0.15) is 0 Å². The highest BCUT2D eigenvalue weighted by molar-refractivity contribution is 6.33. The van der Waals surface area contributed by atoms with Crippen LogP contribution < -0.4 is 5.32 Å². The molecule has 0 aliphatic carbocycles. The lowest BCUT2D eigenvalue weighted by atomic mass is 9.71. The fourth-order valence-corrected chi connectivity index (χ4v) is 5.85. The van der Waals surface area contributed by atoms with Gasteiger partial charge >= 0.3 is 6.03 Å². The van der Waals surface area contributed by atoms with Gasteiger partial charge in [0.25, 0.3) is 0 Å². The summed E-state index contributed by atoms with van der Waals surface area (Å²) in [5.74, 6) is 1.08. The van der Waals surface area contributed by atoms with Crippen molar-refractivity contribution in [2.75, 3.05) is 18.4 Å². The molecule has 0 unspecified atom stereocenters. The first-order valence-electron chi connectivity index (χ1n) is 10.6. The molecule has 2 bridgehead atoms. The van der Waals surface area contributed by atoms with Gasteiger partial charge in [-0.3, -0.25) is 4.79 Å². The summed E-state index contributed by atoms with van der Waals surface area (Å²) in [6.07, 6.45) is 5.96. The van der Waals surface area contributed by atoms with Crippen molar-refractivity contribution in [2.24, 2.45) is 11.8 Å². The van der Waals surface area contributed by atoms with E-state index in [1.165, 1.54) is 0 Å². The van der Waals surface area contributed by atoms with Gasteiger partial charge in [-0.25, -0.2) is 4.79 Å². The molecular weight excluding hydrogens is 374 g/mol. The number of carbonyl (C=O) groups excluding carboxylic acids is 2. The van der Waals surface area contributed by atoms with Crippen LogP contribution in [0.15, 0.2) is 18.2 Å². The number of aryl methyl sites for hydroxylation is 1. The molecule has 1 aromatic carbocycles. The second-order valence-electron chi connectivity index (χ2n) is 8.64. The van der Waals surface area contributed by atoms with Crippen LogP contribution in [-0.4, -0.2) is 46.9 Å². The van der Waals surface area contributed by atoms with Crippen LogP contribution in [0.1, 0.15) is 51.0 Å². The number of hydrogen-bond donors (Lipinski definition) is 1. The van der Waals surface area contributed by atoms with Crippen molar-refractivity contribution in [1.29, 1.82) is 0 Å². The van der Waals surface area contributed by atoms with E-state index in [9.17, 15) is 9.59 Å². The van der Waals surface area contributed by atoms with Gasteiger partial charge in [0.05, 0.1) is 10.7 Å². The number of nitrogens with zero attached hydrogens (tertiary/aromatic N) is 2. The van der Waals surface area contributed by atoms with E-state index in [-0.39, 0.29) is 12.1 Å². The monoisotopic (exact) mass is 403 g/mol. The molecule has 1 N–H and O–H groups in total. The zero-order valence-corrected chi connectivity index (χ0v) is 17.5. The van der Waals surface area contributed by atoms with Gasteiger partial charge in [0, 0.05) is 31.6 Å². The summed E-state index contributed by atoms with van der Waals surface area (Å²) < 4.78 is 0. The van der Waals surface area contributed by atoms with Crippen molar-refractivity contribution in [1.82, 2.24) is 9.80 Å². The number of hydrogen-bond acceptors (Lipinski definition) is 2. The molecule has 152 valence electrons. The molecule has 0 aromatic heterocycles. The molecule has 3 aliphatic heterocycles. The molecule has 0 radical (unpaired) electrons. The zero-order chi connectivity index (χ0) is 19.8. The summed E-state index contributed by atoms with van der Waals surface area (Å²) in [6, 6.07) is 6.15. The van der Waals surface area contributed by atoms with Crippen LogP contribution in [0.4, 0.5) is 10.5 Å². The van der Waals surface area contributed by atoms with Crippen molar-refractivity contribution in [3.8, 4) is 0 Å². The van der Waals surface area contributed by atoms with Gasteiger partial charge < -0.3 is 15.1 Å². The Labute approximate surface area is 172 Å². The average Bonchev–Trinajstić information content (AvgIpc) is 2.68. The Morgan fingerprint density at radius 1 is 1.29 bits per heavy atom. The standard InChI is InChI=1S/C22H30ClN3O2/c1-3-6-18-15-11-16(19-9-5-10-20(27)26(18)19)13-25(12-15)22(28)24-21-14(2)7-4-8-17(21)23/h4,7-8,15-16,18-19H,3,5-6,9-13H2,1-2H3,(H,24,28)/t15-,16+,18-,19-/m0/s1. The second kappa shape index (κ2) is 7.94. The Morgan fingerprint density at radius 3 is 2.82 bits per heavy atom. The van der Waals surface area contributed by atoms with Crippen LogP contribution in [0.3, 0.4) is 0 Å². The van der Waals surface area contributed by atoms with Gasteiger partial charge in [-0.05, 0) is 56.1 Å². The number of urea groups is 1. The largest absolute Gasteiger partial charge is 0.336 e. The van der Waals surface area contributed by atoms with Crippen LogP contribution >= 0.6 is 11.6 Å². The fourth-order valence-electron chi connectivity index (χ4n) is 5.59. The highest BCUT2D eigenvalue weighted by Crippen LogP contribution is 2.43. The molecule has 3 heterocycles. The van der Waals surface area contributed by atoms with Crippen molar-refractivity contribution in [3.05, 3.63) is 28.8 Å². The number of piperidine rings is 3. The van der Waals surface area contributed by atoms with Gasteiger partial charge in [-0.1, -0.05) is 37.1 Å². The number of likely N-dealkylation sites (tertiary alicyclic amines) is 1. The lowest BCUT2D eigenvalue weighted by Crippen LogP contribution is -2.65. The summed E-state index contributed by atoms with van der Waals surface area (Å²) >= 11 is 6.30. The summed E-state index contributed by atoms with van der Waals surface area (Å²) in [4.78, 5) is 29.9. The summed E-state index contributed by atoms with van der Waals surface area (Å²) in [6.45, 7) is 5.57. The van der Waals surface area contributed by atoms with Gasteiger partial charge in [0.2, 0.25) is 5.91 Å². The van der Waals surface area contributed by atoms with Crippen molar-refractivity contribution >= 4 is 29.2 Å². The molecule has 3 saturated heterocycles. The third-order valence-electron chi connectivity index (χ3n) is 6.82. The molecule has 28 heavy (non-hydrogen) atoms. The SMILES string of the molecule is CCC[C@H]1[C@H]2C[C@H](CN(C(=O)Nc3c(C)cccc3Cl)C2)[C@@H]2CCCC(=O)N21. The predicted octanol–water partition coefficient (Wildman–Crippen LogP) is 4.68. The molecule has 0 spiro atoms. The lowest BCUT2D eigenvalue weighted by Gasteiger charge is -2.56. The summed E-state index contributed by atoms with van der Waals surface area (Å²) in [7, 11) is 0. The first-order chi connectivity index (χ1) is 13.5. The van der Waals surface area contributed by atoms with Gasteiger partial charge in [0.15, 0.2) is 0 Å². The number of rotatable bonds is 3. The third-order valence-corrected chi connectivity index (χ3v) is 7.14. The Bertz CT molecular complexity index is 748. The highest BCUT2D eigenvalue weighted by atomic mass is 35.5. The molecule has 3 fully saturated rings. The second-order valence-corrected chi connectivity index (χ2v) is 9.05. The number of carbonyl (C=O) groups is 2. The van der Waals surface area contributed by atoms with E-state index in [2.05, 4.69) is 17.1 Å². The smallest absolute Gasteiger partial charge is 0.321 e.